The van der Waals surface area contributed by atoms with Crippen LogP contribution in [0.2, 0.25) is 0 Å². The molecule has 2 N–H and O–H groups in total. The van der Waals surface area contributed by atoms with Crippen LogP contribution in [0.25, 0.3) is 0 Å². The third kappa shape index (κ3) is 3.39. The summed E-state index contributed by atoms with van der Waals surface area (Å²) in [5.41, 5.74) is 6.78. The van der Waals surface area contributed by atoms with Gasteiger partial charge in [0.1, 0.15) is 11.6 Å². The van der Waals surface area contributed by atoms with Crippen molar-refractivity contribution in [2.75, 3.05) is 6.54 Å². The molecule has 2 aromatic rings. The van der Waals surface area contributed by atoms with Gasteiger partial charge in [-0.25, -0.2) is 8.78 Å². The first-order valence-corrected chi connectivity index (χ1v) is 6.79. The Morgan fingerprint density at radius 2 is 1.79 bits per heavy atom. The van der Waals surface area contributed by atoms with E-state index in [9.17, 15) is 8.78 Å². The van der Waals surface area contributed by atoms with Gasteiger partial charge < -0.3 is 5.73 Å². The SMILES string of the molecule is NCC(Cc1cc(Br)ccc1F)c1ccccc1F. The van der Waals surface area contributed by atoms with Gasteiger partial charge in [0.05, 0.1) is 0 Å². The van der Waals surface area contributed by atoms with E-state index in [4.69, 9.17) is 5.73 Å². The van der Waals surface area contributed by atoms with Crippen molar-refractivity contribution in [1.29, 1.82) is 0 Å². The van der Waals surface area contributed by atoms with Crippen LogP contribution in [0, 0.1) is 11.6 Å². The van der Waals surface area contributed by atoms with Crippen LogP contribution in [-0.2, 0) is 6.42 Å². The van der Waals surface area contributed by atoms with Crippen LogP contribution in [0.1, 0.15) is 17.0 Å². The number of hydrogen-bond acceptors (Lipinski definition) is 1. The average Bonchev–Trinajstić information content (AvgIpc) is 2.41. The summed E-state index contributed by atoms with van der Waals surface area (Å²) in [5, 5.41) is 0. The van der Waals surface area contributed by atoms with Gasteiger partial charge >= 0.3 is 0 Å². The van der Waals surface area contributed by atoms with E-state index >= 15 is 0 Å². The van der Waals surface area contributed by atoms with E-state index in [0.717, 1.165) is 4.47 Å². The highest BCUT2D eigenvalue weighted by atomic mass is 79.9. The van der Waals surface area contributed by atoms with Gasteiger partial charge in [0.25, 0.3) is 0 Å². The van der Waals surface area contributed by atoms with Gasteiger partial charge in [0.2, 0.25) is 0 Å². The summed E-state index contributed by atoms with van der Waals surface area (Å²) in [6.07, 6.45) is 0.378. The van der Waals surface area contributed by atoms with E-state index in [1.165, 1.54) is 12.1 Å². The maximum absolute atomic E-state index is 13.8. The molecule has 0 amide bonds. The molecule has 0 aliphatic heterocycles. The van der Waals surface area contributed by atoms with E-state index in [1.54, 1.807) is 30.3 Å². The van der Waals surface area contributed by atoms with Gasteiger partial charge in [-0.3, -0.25) is 0 Å². The van der Waals surface area contributed by atoms with Gasteiger partial charge in [-0.15, -0.1) is 0 Å². The lowest BCUT2D eigenvalue weighted by atomic mass is 9.91. The molecule has 1 atom stereocenters. The molecule has 0 aromatic heterocycles. The molecule has 19 heavy (non-hydrogen) atoms. The lowest BCUT2D eigenvalue weighted by molar-refractivity contribution is 0.559. The normalized spacial score (nSPS) is 12.4. The third-order valence-corrected chi connectivity index (χ3v) is 3.60. The summed E-state index contributed by atoms with van der Waals surface area (Å²) < 4.78 is 28.3. The predicted molar refractivity (Wildman–Crippen MR) is 76.0 cm³/mol. The van der Waals surface area contributed by atoms with Crippen molar-refractivity contribution in [2.24, 2.45) is 5.73 Å². The summed E-state index contributed by atoms with van der Waals surface area (Å²) in [4.78, 5) is 0. The molecule has 0 aliphatic rings. The number of halogens is 3. The minimum atomic E-state index is -0.298. The van der Waals surface area contributed by atoms with Gasteiger partial charge in [0.15, 0.2) is 0 Å². The fourth-order valence-corrected chi connectivity index (χ4v) is 2.50. The molecule has 1 unspecified atom stereocenters. The fourth-order valence-electron chi connectivity index (χ4n) is 2.09. The van der Waals surface area contributed by atoms with Crippen LogP contribution >= 0.6 is 15.9 Å². The maximum Gasteiger partial charge on any atom is 0.126 e. The molecule has 2 rings (SSSR count). The van der Waals surface area contributed by atoms with Crippen molar-refractivity contribution in [1.82, 2.24) is 0 Å². The molecule has 0 aliphatic carbocycles. The van der Waals surface area contributed by atoms with Crippen LogP contribution in [0.3, 0.4) is 0 Å². The van der Waals surface area contributed by atoms with E-state index in [-0.39, 0.29) is 24.1 Å². The summed E-state index contributed by atoms with van der Waals surface area (Å²) >= 11 is 3.31. The van der Waals surface area contributed by atoms with Gasteiger partial charge in [-0.1, -0.05) is 34.1 Å². The molecular formula is C15H14BrF2N. The second-order valence-corrected chi connectivity index (χ2v) is 5.31. The summed E-state index contributed by atoms with van der Waals surface area (Å²) in [6.45, 7) is 0.271. The van der Waals surface area contributed by atoms with E-state index in [0.29, 0.717) is 17.5 Å². The molecule has 0 radical (unpaired) electrons. The maximum atomic E-state index is 13.8. The smallest absolute Gasteiger partial charge is 0.126 e. The van der Waals surface area contributed by atoms with Crippen molar-refractivity contribution in [3.05, 3.63) is 69.7 Å². The molecule has 0 heterocycles. The molecule has 0 spiro atoms. The molecule has 0 fully saturated rings. The van der Waals surface area contributed by atoms with Crippen molar-refractivity contribution >= 4 is 15.9 Å². The zero-order valence-electron chi connectivity index (χ0n) is 10.2. The van der Waals surface area contributed by atoms with Gasteiger partial charge in [-0.2, -0.15) is 0 Å². The monoisotopic (exact) mass is 325 g/mol. The first-order valence-electron chi connectivity index (χ1n) is 6.00. The highest BCUT2D eigenvalue weighted by Crippen LogP contribution is 2.25. The fraction of sp³-hybridized carbons (Fsp3) is 0.200. The van der Waals surface area contributed by atoms with E-state index in [2.05, 4.69) is 15.9 Å². The van der Waals surface area contributed by atoms with Crippen LogP contribution in [0.5, 0.6) is 0 Å². The summed E-state index contributed by atoms with van der Waals surface area (Å²) in [5.74, 6) is -0.823. The minimum absolute atomic E-state index is 0.231. The molecule has 0 saturated heterocycles. The average molecular weight is 326 g/mol. The highest BCUT2D eigenvalue weighted by Gasteiger charge is 2.16. The summed E-state index contributed by atoms with van der Waals surface area (Å²) in [7, 11) is 0. The van der Waals surface area contributed by atoms with E-state index in [1.807, 2.05) is 0 Å². The first-order chi connectivity index (χ1) is 9.11. The van der Waals surface area contributed by atoms with E-state index < -0.39 is 0 Å². The zero-order chi connectivity index (χ0) is 13.8. The second-order valence-electron chi connectivity index (χ2n) is 4.39. The van der Waals surface area contributed by atoms with Gasteiger partial charge in [-0.05, 0) is 48.4 Å². The molecule has 0 saturated carbocycles. The molecule has 2 aromatic carbocycles. The molecule has 4 heteroatoms. The first kappa shape index (κ1) is 14.2. The third-order valence-electron chi connectivity index (χ3n) is 3.10. The van der Waals surface area contributed by atoms with Crippen molar-refractivity contribution in [3.8, 4) is 0 Å². The lowest BCUT2D eigenvalue weighted by Crippen LogP contribution is -2.17. The van der Waals surface area contributed by atoms with Crippen molar-refractivity contribution in [3.63, 3.8) is 0 Å². The van der Waals surface area contributed by atoms with Crippen LogP contribution in [0.4, 0.5) is 8.78 Å². The second kappa shape index (κ2) is 6.26. The Balaban J connectivity index is 2.29. The minimum Gasteiger partial charge on any atom is -0.330 e. The Hall–Kier alpha value is -1.26. The molecule has 1 nitrogen and oxygen atoms in total. The topological polar surface area (TPSA) is 26.0 Å². The number of hydrogen-bond donors (Lipinski definition) is 1. The number of rotatable bonds is 4. The number of nitrogens with two attached hydrogens (primary N) is 1. The van der Waals surface area contributed by atoms with Crippen LogP contribution in [-0.4, -0.2) is 6.54 Å². The quantitative estimate of drug-likeness (QED) is 0.903. The Morgan fingerprint density at radius 3 is 2.47 bits per heavy atom. The Bertz CT molecular complexity index is 572. The van der Waals surface area contributed by atoms with Gasteiger partial charge in [0, 0.05) is 10.4 Å². The Labute approximate surface area is 119 Å². The Morgan fingerprint density at radius 1 is 1.05 bits per heavy atom. The highest BCUT2D eigenvalue weighted by molar-refractivity contribution is 9.10. The van der Waals surface area contributed by atoms with Crippen LogP contribution in [0.15, 0.2) is 46.9 Å². The lowest BCUT2D eigenvalue weighted by Gasteiger charge is -2.16. The molecule has 100 valence electrons. The standard InChI is InChI=1S/C15H14BrF2N/c16-12-5-6-14(17)10(8-12)7-11(9-19)13-3-1-2-4-15(13)18/h1-6,8,11H,7,9,19H2. The largest absolute Gasteiger partial charge is 0.330 e. The zero-order valence-corrected chi connectivity index (χ0v) is 11.8. The van der Waals surface area contributed by atoms with Crippen molar-refractivity contribution < 1.29 is 8.78 Å². The molecular weight excluding hydrogens is 312 g/mol. The predicted octanol–water partition coefficient (Wildman–Crippen LogP) is 4.01. The summed E-state index contributed by atoms with van der Waals surface area (Å²) in [6, 6.07) is 11.2. The number of benzene rings is 2. The Kier molecular flexibility index (Phi) is 4.66. The van der Waals surface area contributed by atoms with Crippen LogP contribution < -0.4 is 5.73 Å². The van der Waals surface area contributed by atoms with Crippen molar-refractivity contribution in [2.45, 2.75) is 12.3 Å². The molecule has 0 bridgehead atoms.